The van der Waals surface area contributed by atoms with Crippen molar-refractivity contribution in [3.8, 4) is 0 Å². The summed E-state index contributed by atoms with van der Waals surface area (Å²) in [4.78, 5) is 25.2. The summed E-state index contributed by atoms with van der Waals surface area (Å²) in [6.45, 7) is 0.536. The van der Waals surface area contributed by atoms with Crippen molar-refractivity contribution >= 4 is 12.2 Å². The van der Waals surface area contributed by atoms with Crippen molar-refractivity contribution in [3.05, 3.63) is 35.9 Å². The molecule has 0 radical (unpaired) electrons. The van der Waals surface area contributed by atoms with E-state index in [4.69, 9.17) is 0 Å². The lowest BCUT2D eigenvalue weighted by atomic mass is 9.97. The summed E-state index contributed by atoms with van der Waals surface area (Å²) in [5.41, 5.74) is 0.718. The van der Waals surface area contributed by atoms with E-state index in [1.807, 2.05) is 30.3 Å². The minimum atomic E-state index is 0.0128. The van der Waals surface area contributed by atoms with Crippen molar-refractivity contribution in [3.63, 3.8) is 0 Å². The first-order chi connectivity index (χ1) is 9.78. The van der Waals surface area contributed by atoms with Gasteiger partial charge in [-0.05, 0) is 37.8 Å². The fourth-order valence-corrected chi connectivity index (χ4v) is 3.63. The normalized spacial score (nSPS) is 29.1. The van der Waals surface area contributed by atoms with E-state index in [-0.39, 0.29) is 11.9 Å². The van der Waals surface area contributed by atoms with E-state index in [0.29, 0.717) is 18.6 Å². The van der Waals surface area contributed by atoms with Crippen molar-refractivity contribution in [2.45, 2.75) is 43.8 Å². The maximum Gasteiger partial charge on any atom is 0.251 e. The van der Waals surface area contributed by atoms with Gasteiger partial charge in [0, 0.05) is 23.7 Å². The van der Waals surface area contributed by atoms with Crippen molar-refractivity contribution in [1.29, 1.82) is 0 Å². The quantitative estimate of drug-likeness (QED) is 0.847. The number of piperidine rings is 1. The minimum absolute atomic E-state index is 0.0128. The van der Waals surface area contributed by atoms with E-state index < -0.39 is 0 Å². The Balaban J connectivity index is 1.61. The Morgan fingerprint density at radius 1 is 1.20 bits per heavy atom. The molecule has 1 aromatic rings. The molecular weight excluding hydrogens is 252 g/mol. The van der Waals surface area contributed by atoms with Crippen LogP contribution in [-0.4, -0.2) is 41.8 Å². The zero-order valence-electron chi connectivity index (χ0n) is 11.5. The first-order valence-corrected chi connectivity index (χ1v) is 7.33. The van der Waals surface area contributed by atoms with Crippen molar-refractivity contribution in [2.24, 2.45) is 0 Å². The average Bonchev–Trinajstić information content (AvgIpc) is 2.71. The number of amides is 1. The van der Waals surface area contributed by atoms with Gasteiger partial charge in [0.2, 0.25) is 0 Å². The van der Waals surface area contributed by atoms with Gasteiger partial charge in [-0.15, -0.1) is 0 Å². The molecule has 2 atom stereocenters. The van der Waals surface area contributed by atoms with Crippen LogP contribution in [-0.2, 0) is 4.79 Å². The lowest BCUT2D eigenvalue weighted by molar-refractivity contribution is -0.110. The molecule has 1 amide bonds. The molecule has 2 aliphatic heterocycles. The summed E-state index contributed by atoms with van der Waals surface area (Å²) in [6, 6.07) is 10.5. The van der Waals surface area contributed by atoms with Crippen molar-refractivity contribution in [2.75, 3.05) is 6.54 Å². The molecule has 3 rings (SSSR count). The van der Waals surface area contributed by atoms with Gasteiger partial charge in [0.05, 0.1) is 6.54 Å². The molecule has 0 aliphatic carbocycles. The Morgan fingerprint density at radius 2 is 1.85 bits per heavy atom. The molecule has 4 nitrogen and oxygen atoms in total. The number of carbonyl (C=O) groups excluding carboxylic acids is 2. The van der Waals surface area contributed by atoms with Gasteiger partial charge in [-0.1, -0.05) is 18.2 Å². The van der Waals surface area contributed by atoms with E-state index in [0.717, 1.165) is 37.5 Å². The number of hydrogen-bond donors (Lipinski definition) is 1. The highest BCUT2D eigenvalue weighted by Crippen LogP contribution is 2.35. The molecule has 2 bridgehead atoms. The minimum Gasteiger partial charge on any atom is -0.349 e. The van der Waals surface area contributed by atoms with Gasteiger partial charge in [-0.3, -0.25) is 9.69 Å². The van der Waals surface area contributed by atoms with E-state index >= 15 is 0 Å². The summed E-state index contributed by atoms with van der Waals surface area (Å²) >= 11 is 0. The predicted molar refractivity (Wildman–Crippen MR) is 76.5 cm³/mol. The monoisotopic (exact) mass is 272 g/mol. The lowest BCUT2D eigenvalue weighted by Gasteiger charge is -2.38. The molecule has 106 valence electrons. The molecule has 2 heterocycles. The van der Waals surface area contributed by atoms with Crippen LogP contribution in [0.25, 0.3) is 0 Å². The zero-order chi connectivity index (χ0) is 13.9. The zero-order valence-corrected chi connectivity index (χ0v) is 11.5. The summed E-state index contributed by atoms with van der Waals surface area (Å²) in [5, 5.41) is 3.14. The van der Waals surface area contributed by atoms with Crippen LogP contribution in [0.15, 0.2) is 30.3 Å². The molecule has 2 aliphatic rings. The second kappa shape index (κ2) is 5.75. The molecule has 2 unspecified atom stereocenters. The summed E-state index contributed by atoms with van der Waals surface area (Å²) in [6.07, 6.45) is 5.21. The third-order valence-electron chi connectivity index (χ3n) is 4.54. The van der Waals surface area contributed by atoms with Crippen LogP contribution in [0.1, 0.15) is 36.0 Å². The smallest absolute Gasteiger partial charge is 0.251 e. The highest BCUT2D eigenvalue weighted by atomic mass is 16.1. The molecule has 1 aromatic carbocycles. The van der Waals surface area contributed by atoms with E-state index in [1.165, 1.54) is 0 Å². The Kier molecular flexibility index (Phi) is 3.83. The Hall–Kier alpha value is -1.68. The van der Waals surface area contributed by atoms with Crippen molar-refractivity contribution < 1.29 is 9.59 Å². The summed E-state index contributed by atoms with van der Waals surface area (Å²) in [7, 11) is 0. The van der Waals surface area contributed by atoms with Crippen LogP contribution in [0, 0.1) is 0 Å². The van der Waals surface area contributed by atoms with Gasteiger partial charge in [-0.2, -0.15) is 0 Å². The first kappa shape index (κ1) is 13.3. The fourth-order valence-electron chi connectivity index (χ4n) is 3.63. The first-order valence-electron chi connectivity index (χ1n) is 7.33. The Bertz CT molecular complexity index is 475. The number of fused-ring (bicyclic) bond motifs is 2. The molecular formula is C16H20N2O2. The molecule has 0 aromatic heterocycles. The highest BCUT2D eigenvalue weighted by Gasteiger charge is 2.40. The van der Waals surface area contributed by atoms with Crippen LogP contribution < -0.4 is 5.32 Å². The SMILES string of the molecule is O=CCN1C2CCC1CC(NC(=O)c1ccccc1)C2. The largest absolute Gasteiger partial charge is 0.349 e. The van der Waals surface area contributed by atoms with E-state index in [9.17, 15) is 9.59 Å². The van der Waals surface area contributed by atoms with Crippen LogP contribution in [0.4, 0.5) is 0 Å². The van der Waals surface area contributed by atoms with Crippen LogP contribution in [0.5, 0.6) is 0 Å². The number of aldehydes is 1. The molecule has 2 saturated heterocycles. The summed E-state index contributed by atoms with van der Waals surface area (Å²) < 4.78 is 0. The topological polar surface area (TPSA) is 49.4 Å². The molecule has 0 saturated carbocycles. The number of carbonyl (C=O) groups is 2. The fraction of sp³-hybridized carbons (Fsp3) is 0.500. The van der Waals surface area contributed by atoms with Crippen LogP contribution in [0.2, 0.25) is 0 Å². The second-order valence-corrected chi connectivity index (χ2v) is 5.76. The molecule has 2 fully saturated rings. The van der Waals surface area contributed by atoms with E-state index in [1.54, 1.807) is 0 Å². The molecule has 0 spiro atoms. The average molecular weight is 272 g/mol. The highest BCUT2D eigenvalue weighted by molar-refractivity contribution is 5.94. The third kappa shape index (κ3) is 2.61. The summed E-state index contributed by atoms with van der Waals surface area (Å²) in [5.74, 6) is 0.0128. The van der Waals surface area contributed by atoms with Crippen molar-refractivity contribution in [1.82, 2.24) is 10.2 Å². The molecule has 1 N–H and O–H groups in total. The predicted octanol–water partition coefficient (Wildman–Crippen LogP) is 1.61. The Labute approximate surface area is 119 Å². The lowest BCUT2D eigenvalue weighted by Crippen LogP contribution is -2.50. The standard InChI is InChI=1S/C16H20N2O2/c19-9-8-18-14-6-7-15(18)11-13(10-14)17-16(20)12-4-2-1-3-5-12/h1-5,9,13-15H,6-8,10-11H2,(H,17,20). The molecule has 20 heavy (non-hydrogen) atoms. The van der Waals surface area contributed by atoms with Gasteiger partial charge in [0.15, 0.2) is 0 Å². The van der Waals surface area contributed by atoms with Gasteiger partial charge in [0.1, 0.15) is 6.29 Å². The van der Waals surface area contributed by atoms with Gasteiger partial charge in [-0.25, -0.2) is 0 Å². The van der Waals surface area contributed by atoms with Crippen LogP contribution in [0.3, 0.4) is 0 Å². The number of nitrogens with zero attached hydrogens (tertiary/aromatic N) is 1. The number of hydrogen-bond acceptors (Lipinski definition) is 3. The third-order valence-corrected chi connectivity index (χ3v) is 4.54. The van der Waals surface area contributed by atoms with E-state index in [2.05, 4.69) is 10.2 Å². The number of rotatable bonds is 4. The molecule has 4 heteroatoms. The Morgan fingerprint density at radius 3 is 2.45 bits per heavy atom. The van der Waals surface area contributed by atoms with Crippen LogP contribution >= 0.6 is 0 Å². The number of nitrogens with one attached hydrogen (secondary N) is 1. The number of benzene rings is 1. The second-order valence-electron chi connectivity index (χ2n) is 5.76. The maximum atomic E-state index is 12.2. The van der Waals surface area contributed by atoms with Gasteiger partial charge < -0.3 is 10.1 Å². The van der Waals surface area contributed by atoms with Gasteiger partial charge >= 0.3 is 0 Å². The van der Waals surface area contributed by atoms with Gasteiger partial charge in [0.25, 0.3) is 5.91 Å². The maximum absolute atomic E-state index is 12.2.